The third-order valence-corrected chi connectivity index (χ3v) is 5.50. The number of hydrogen-bond acceptors (Lipinski definition) is 5. The summed E-state index contributed by atoms with van der Waals surface area (Å²) in [6.07, 6.45) is 0.837. The predicted molar refractivity (Wildman–Crippen MR) is 79.8 cm³/mol. The second kappa shape index (κ2) is 5.72. The van der Waals surface area contributed by atoms with E-state index in [1.165, 1.54) is 0 Å². The lowest BCUT2D eigenvalue weighted by molar-refractivity contribution is 0.272. The molecule has 18 heavy (non-hydrogen) atoms. The molecule has 6 heteroatoms. The van der Waals surface area contributed by atoms with Crippen LogP contribution in [0.1, 0.15) is 5.69 Å². The van der Waals surface area contributed by atoms with Crippen molar-refractivity contribution in [3.63, 3.8) is 0 Å². The van der Waals surface area contributed by atoms with E-state index in [4.69, 9.17) is 0 Å². The molecule has 1 saturated heterocycles. The van der Waals surface area contributed by atoms with E-state index in [1.807, 2.05) is 20.3 Å². The topological polar surface area (TPSA) is 36.4 Å². The van der Waals surface area contributed by atoms with Gasteiger partial charge in [-0.15, -0.1) is 11.3 Å². The van der Waals surface area contributed by atoms with Crippen LogP contribution in [-0.2, 0) is 4.57 Å². The SMILES string of the molecule is Cc1csc(N2CCN(CCP(C)(C)=O)CC2)n1. The maximum absolute atomic E-state index is 11.7. The lowest BCUT2D eigenvalue weighted by atomic mass is 10.3. The normalized spacial score (nSPS) is 18.3. The van der Waals surface area contributed by atoms with Gasteiger partial charge in [0.25, 0.3) is 0 Å². The van der Waals surface area contributed by atoms with Gasteiger partial charge in [-0.3, -0.25) is 4.90 Å². The van der Waals surface area contributed by atoms with Crippen molar-refractivity contribution >= 4 is 23.6 Å². The van der Waals surface area contributed by atoms with E-state index in [9.17, 15) is 4.57 Å². The molecule has 0 unspecified atom stereocenters. The Balaban J connectivity index is 1.79. The number of nitrogens with zero attached hydrogens (tertiary/aromatic N) is 3. The van der Waals surface area contributed by atoms with E-state index < -0.39 is 7.14 Å². The third kappa shape index (κ3) is 4.08. The molecule has 0 amide bonds. The Kier molecular flexibility index (Phi) is 4.46. The lowest BCUT2D eigenvalue weighted by Gasteiger charge is -2.34. The Hall–Kier alpha value is -0.380. The number of thiazole rings is 1. The molecule has 0 atom stereocenters. The number of piperazine rings is 1. The van der Waals surface area contributed by atoms with Crippen molar-refractivity contribution < 1.29 is 4.57 Å². The van der Waals surface area contributed by atoms with Gasteiger partial charge in [0.2, 0.25) is 0 Å². The highest BCUT2D eigenvalue weighted by Gasteiger charge is 2.20. The van der Waals surface area contributed by atoms with Crippen molar-refractivity contribution in [2.45, 2.75) is 6.92 Å². The number of rotatable bonds is 4. The van der Waals surface area contributed by atoms with Crippen LogP contribution in [0.25, 0.3) is 0 Å². The first-order valence-electron chi connectivity index (χ1n) is 6.37. The van der Waals surface area contributed by atoms with Crippen molar-refractivity contribution in [1.82, 2.24) is 9.88 Å². The summed E-state index contributed by atoms with van der Waals surface area (Å²) in [6.45, 7) is 10.9. The Morgan fingerprint density at radius 3 is 2.50 bits per heavy atom. The summed E-state index contributed by atoms with van der Waals surface area (Å²) in [5.74, 6) is 0. The van der Waals surface area contributed by atoms with Gasteiger partial charge < -0.3 is 9.46 Å². The van der Waals surface area contributed by atoms with Crippen LogP contribution in [0.15, 0.2) is 5.38 Å². The molecule has 2 heterocycles. The zero-order valence-corrected chi connectivity index (χ0v) is 13.1. The van der Waals surface area contributed by atoms with Gasteiger partial charge in [0, 0.05) is 44.3 Å². The molecule has 2 rings (SSSR count). The van der Waals surface area contributed by atoms with Crippen LogP contribution in [0.2, 0.25) is 0 Å². The summed E-state index contributed by atoms with van der Waals surface area (Å²) < 4.78 is 11.7. The van der Waals surface area contributed by atoms with Crippen molar-refractivity contribution in [2.75, 3.05) is 57.1 Å². The molecule has 0 saturated carbocycles. The largest absolute Gasteiger partial charge is 0.346 e. The van der Waals surface area contributed by atoms with Crippen LogP contribution in [0, 0.1) is 6.92 Å². The van der Waals surface area contributed by atoms with Crippen molar-refractivity contribution in [2.24, 2.45) is 0 Å². The molecule has 1 aliphatic heterocycles. The summed E-state index contributed by atoms with van der Waals surface area (Å²) in [4.78, 5) is 9.29. The van der Waals surface area contributed by atoms with Gasteiger partial charge in [0.1, 0.15) is 0 Å². The second-order valence-electron chi connectivity index (χ2n) is 5.40. The molecule has 0 aromatic carbocycles. The molecule has 1 fully saturated rings. The minimum absolute atomic E-state index is 0.837. The molecule has 1 aromatic rings. The fourth-order valence-electron chi connectivity index (χ4n) is 2.03. The minimum Gasteiger partial charge on any atom is -0.346 e. The van der Waals surface area contributed by atoms with Gasteiger partial charge in [-0.1, -0.05) is 0 Å². The van der Waals surface area contributed by atoms with Gasteiger partial charge in [-0.2, -0.15) is 0 Å². The molecule has 4 nitrogen and oxygen atoms in total. The zero-order valence-electron chi connectivity index (χ0n) is 11.4. The first-order chi connectivity index (χ1) is 8.44. The van der Waals surface area contributed by atoms with E-state index in [1.54, 1.807) is 11.3 Å². The van der Waals surface area contributed by atoms with Crippen LogP contribution >= 0.6 is 18.5 Å². The summed E-state index contributed by atoms with van der Waals surface area (Å²) >= 11 is 1.73. The van der Waals surface area contributed by atoms with Crippen LogP contribution in [0.3, 0.4) is 0 Å². The Labute approximate surface area is 113 Å². The fourth-order valence-corrected chi connectivity index (χ4v) is 3.65. The quantitative estimate of drug-likeness (QED) is 0.796. The standard InChI is InChI=1S/C12H22N3OPS/c1-11-10-18-12(13-11)15-6-4-14(5-7-15)8-9-17(2,3)16/h10H,4-9H2,1-3H3. The van der Waals surface area contributed by atoms with Gasteiger partial charge in [-0.05, 0) is 20.3 Å². The van der Waals surface area contributed by atoms with Crippen molar-refractivity contribution in [1.29, 1.82) is 0 Å². The third-order valence-electron chi connectivity index (χ3n) is 3.20. The Bertz CT molecular complexity index is 434. The Morgan fingerprint density at radius 2 is 2.00 bits per heavy atom. The van der Waals surface area contributed by atoms with E-state index in [2.05, 4.69) is 20.2 Å². The monoisotopic (exact) mass is 287 g/mol. The first-order valence-corrected chi connectivity index (χ1v) is 10.0. The molecular weight excluding hydrogens is 265 g/mol. The Morgan fingerprint density at radius 1 is 1.33 bits per heavy atom. The molecule has 0 spiro atoms. The molecule has 1 aromatic heterocycles. The smallest absolute Gasteiger partial charge is 0.185 e. The average Bonchev–Trinajstić information content (AvgIpc) is 2.73. The van der Waals surface area contributed by atoms with E-state index >= 15 is 0 Å². The summed E-state index contributed by atoms with van der Waals surface area (Å²) in [5, 5.41) is 3.25. The molecule has 0 N–H and O–H groups in total. The van der Waals surface area contributed by atoms with Crippen LogP contribution in [0.4, 0.5) is 5.13 Å². The molecule has 0 bridgehead atoms. The lowest BCUT2D eigenvalue weighted by Crippen LogP contribution is -2.47. The maximum Gasteiger partial charge on any atom is 0.185 e. The van der Waals surface area contributed by atoms with Crippen LogP contribution in [0.5, 0.6) is 0 Å². The molecular formula is C12H22N3OPS. The molecule has 102 valence electrons. The van der Waals surface area contributed by atoms with Gasteiger partial charge in [0.05, 0.1) is 12.8 Å². The fraction of sp³-hybridized carbons (Fsp3) is 0.750. The number of aromatic nitrogens is 1. The van der Waals surface area contributed by atoms with E-state index in [0.717, 1.165) is 49.7 Å². The summed E-state index contributed by atoms with van der Waals surface area (Å²) in [5.41, 5.74) is 1.11. The zero-order chi connectivity index (χ0) is 13.2. The maximum atomic E-state index is 11.7. The van der Waals surface area contributed by atoms with E-state index in [0.29, 0.717) is 0 Å². The van der Waals surface area contributed by atoms with Gasteiger partial charge >= 0.3 is 0 Å². The van der Waals surface area contributed by atoms with Gasteiger partial charge in [-0.25, -0.2) is 4.98 Å². The number of anilines is 1. The van der Waals surface area contributed by atoms with Crippen LogP contribution in [-0.4, -0.2) is 62.1 Å². The second-order valence-corrected chi connectivity index (χ2v) is 9.83. The number of aryl methyl sites for hydroxylation is 1. The van der Waals surface area contributed by atoms with Crippen molar-refractivity contribution in [3.05, 3.63) is 11.1 Å². The first kappa shape index (κ1) is 14.0. The summed E-state index contributed by atoms with van der Waals surface area (Å²) in [6, 6.07) is 0. The van der Waals surface area contributed by atoms with E-state index in [-0.39, 0.29) is 0 Å². The highest BCUT2D eigenvalue weighted by Crippen LogP contribution is 2.35. The minimum atomic E-state index is -1.87. The van der Waals surface area contributed by atoms with Crippen LogP contribution < -0.4 is 4.90 Å². The number of hydrogen-bond donors (Lipinski definition) is 0. The predicted octanol–water partition coefficient (Wildman–Crippen LogP) is 2.20. The average molecular weight is 287 g/mol. The van der Waals surface area contributed by atoms with Crippen molar-refractivity contribution in [3.8, 4) is 0 Å². The highest BCUT2D eigenvalue weighted by molar-refractivity contribution is 7.62. The molecule has 0 radical (unpaired) electrons. The highest BCUT2D eigenvalue weighted by atomic mass is 32.1. The molecule has 1 aliphatic rings. The molecule has 0 aliphatic carbocycles. The summed E-state index contributed by atoms with van der Waals surface area (Å²) in [7, 11) is -1.87. The van der Waals surface area contributed by atoms with Gasteiger partial charge in [0.15, 0.2) is 5.13 Å².